The van der Waals surface area contributed by atoms with Gasteiger partial charge in [0.2, 0.25) is 21.3 Å². The molecular formula is C16H10F4N2O3S. The first kappa shape index (κ1) is 18.1. The van der Waals surface area contributed by atoms with E-state index in [0.717, 1.165) is 22.9 Å². The van der Waals surface area contributed by atoms with Crippen LogP contribution in [-0.4, -0.2) is 30.7 Å². The molecule has 0 unspecified atom stereocenters. The molecule has 1 heterocycles. The van der Waals surface area contributed by atoms with Crippen LogP contribution in [-0.2, 0) is 16.3 Å². The second-order valence-corrected chi connectivity index (χ2v) is 7.58. The van der Waals surface area contributed by atoms with Crippen LogP contribution in [0.4, 0.5) is 23.2 Å². The summed E-state index contributed by atoms with van der Waals surface area (Å²) >= 11 is 0. The van der Waals surface area contributed by atoms with Gasteiger partial charge < -0.3 is 4.57 Å². The summed E-state index contributed by atoms with van der Waals surface area (Å²) in [6.45, 7) is 6.93. The van der Waals surface area contributed by atoms with E-state index in [-0.39, 0.29) is 23.5 Å². The topological polar surface area (TPSA) is 60.5 Å². The average Bonchev–Trinajstić information content (AvgIpc) is 2.99. The van der Waals surface area contributed by atoms with Gasteiger partial charge in [-0.25, -0.2) is 22.0 Å². The second kappa shape index (κ2) is 5.95. The Hall–Kier alpha value is -2.67. The summed E-state index contributed by atoms with van der Waals surface area (Å²) in [6.07, 6.45) is -0.324. The van der Waals surface area contributed by atoms with E-state index in [4.69, 9.17) is 6.57 Å². The monoisotopic (exact) mass is 386 g/mol. The minimum absolute atomic E-state index is 0.0458. The van der Waals surface area contributed by atoms with Crippen molar-refractivity contribution in [3.63, 3.8) is 0 Å². The maximum atomic E-state index is 13.8. The second-order valence-electron chi connectivity index (χ2n) is 5.69. The minimum Gasteiger partial charge on any atom is -0.320 e. The first-order chi connectivity index (χ1) is 12.1. The number of Topliss-reactive ketones (excluding diaryl/α,β-unsaturated/α-hetero) is 1. The van der Waals surface area contributed by atoms with Crippen LogP contribution in [0.5, 0.6) is 0 Å². The number of halogens is 4. The fourth-order valence-corrected chi connectivity index (χ4v) is 3.75. The molecule has 10 heteroatoms. The Morgan fingerprint density at radius 3 is 2.62 bits per heavy atom. The largest absolute Gasteiger partial charge is 0.320 e. The quantitative estimate of drug-likeness (QED) is 0.598. The Balaban J connectivity index is 2.32. The molecule has 5 nitrogen and oxygen atoms in total. The molecule has 1 aliphatic carbocycles. The maximum Gasteiger partial charge on any atom is 0.310 e. The minimum atomic E-state index is -4.61. The normalized spacial score (nSPS) is 16.2. The number of sulfone groups is 1. The summed E-state index contributed by atoms with van der Waals surface area (Å²) < 4.78 is 79.1. The van der Waals surface area contributed by atoms with Crippen LogP contribution in [0.3, 0.4) is 0 Å². The highest BCUT2D eigenvalue weighted by atomic mass is 32.2. The molecule has 1 aliphatic rings. The summed E-state index contributed by atoms with van der Waals surface area (Å²) in [4.78, 5) is 14.2. The molecular weight excluding hydrogens is 376 g/mol. The highest BCUT2D eigenvalue weighted by Crippen LogP contribution is 2.39. The van der Waals surface area contributed by atoms with Crippen LogP contribution in [0.25, 0.3) is 10.5 Å². The fourth-order valence-electron chi connectivity index (χ4n) is 2.84. The Kier molecular flexibility index (Phi) is 4.15. The lowest BCUT2D eigenvalue weighted by molar-refractivity contribution is 0.00141. The molecule has 3 rings (SSSR count). The van der Waals surface area contributed by atoms with Gasteiger partial charge in [-0.1, -0.05) is 0 Å². The number of hydrogen-bond donors (Lipinski definition) is 0. The summed E-state index contributed by atoms with van der Waals surface area (Å²) in [5.74, 6) is -6.27. The van der Waals surface area contributed by atoms with Crippen molar-refractivity contribution in [2.75, 3.05) is 6.01 Å². The third-order valence-electron chi connectivity index (χ3n) is 4.11. The molecule has 1 aromatic carbocycles. The van der Waals surface area contributed by atoms with E-state index in [2.05, 4.69) is 4.85 Å². The Morgan fingerprint density at radius 1 is 1.31 bits per heavy atom. The van der Waals surface area contributed by atoms with Gasteiger partial charge in [0.25, 0.3) is 0 Å². The SMILES string of the molecule is [C-]#[N+]c1cc(-n2cc(S(=O)(=O)CF)c3c2CCC(F)(F)C3=O)ccc1F. The number of nitrogens with zero attached hydrogens (tertiary/aromatic N) is 2. The standard InChI is InChI=1S/C16H10F4N2O3S/c1-21-11-6-9(2-3-10(11)18)22-7-13(26(24,25)8-17)14-12(22)4-5-16(19,20)15(14)23/h2-3,6-7H,4-5,8H2. The van der Waals surface area contributed by atoms with Crippen molar-refractivity contribution in [1.29, 1.82) is 0 Å². The van der Waals surface area contributed by atoms with Crippen LogP contribution < -0.4 is 0 Å². The van der Waals surface area contributed by atoms with Gasteiger partial charge in [-0.2, -0.15) is 8.78 Å². The number of benzene rings is 1. The van der Waals surface area contributed by atoms with Gasteiger partial charge in [-0.3, -0.25) is 4.79 Å². The van der Waals surface area contributed by atoms with Crippen molar-refractivity contribution < 1.29 is 30.8 Å². The number of fused-ring (bicyclic) bond motifs is 1. The van der Waals surface area contributed by atoms with Gasteiger partial charge >= 0.3 is 5.92 Å². The number of carbonyl (C=O) groups excluding carboxylic acids is 1. The van der Waals surface area contributed by atoms with Crippen LogP contribution >= 0.6 is 0 Å². The van der Waals surface area contributed by atoms with E-state index < -0.39 is 50.2 Å². The molecule has 0 aliphatic heterocycles. The molecule has 136 valence electrons. The smallest absolute Gasteiger partial charge is 0.310 e. The van der Waals surface area contributed by atoms with E-state index >= 15 is 0 Å². The number of carbonyl (C=O) groups is 1. The zero-order chi connectivity index (χ0) is 19.3. The number of rotatable bonds is 3. The van der Waals surface area contributed by atoms with Gasteiger partial charge in [-0.15, -0.1) is 0 Å². The Labute approximate surface area is 145 Å². The molecule has 0 atom stereocenters. The zero-order valence-electron chi connectivity index (χ0n) is 13.0. The number of aromatic nitrogens is 1. The molecule has 0 amide bonds. The van der Waals surface area contributed by atoms with Crippen LogP contribution in [0.1, 0.15) is 22.5 Å². The number of alkyl halides is 3. The van der Waals surface area contributed by atoms with E-state index in [1.165, 1.54) is 6.07 Å². The lowest BCUT2D eigenvalue weighted by Gasteiger charge is -2.22. The molecule has 2 aromatic rings. The predicted octanol–water partition coefficient (Wildman–Crippen LogP) is 3.63. The molecule has 0 radical (unpaired) electrons. The molecule has 0 bridgehead atoms. The first-order valence-electron chi connectivity index (χ1n) is 7.25. The number of ketones is 1. The molecule has 0 saturated heterocycles. The molecule has 0 N–H and O–H groups in total. The molecule has 0 saturated carbocycles. The van der Waals surface area contributed by atoms with Crippen molar-refractivity contribution in [3.05, 3.63) is 52.9 Å². The highest BCUT2D eigenvalue weighted by Gasteiger charge is 2.47. The van der Waals surface area contributed by atoms with E-state index in [1.807, 2.05) is 0 Å². The van der Waals surface area contributed by atoms with Crippen molar-refractivity contribution >= 4 is 21.3 Å². The molecule has 0 fully saturated rings. The zero-order valence-corrected chi connectivity index (χ0v) is 13.8. The summed E-state index contributed by atoms with van der Waals surface area (Å²) in [6, 6.07) is 1.38. The van der Waals surface area contributed by atoms with Crippen molar-refractivity contribution in [3.8, 4) is 5.69 Å². The van der Waals surface area contributed by atoms with Crippen LogP contribution in [0.2, 0.25) is 0 Å². The van der Waals surface area contributed by atoms with Gasteiger partial charge in [0.1, 0.15) is 5.82 Å². The predicted molar refractivity (Wildman–Crippen MR) is 82.7 cm³/mol. The highest BCUT2D eigenvalue weighted by molar-refractivity contribution is 7.91. The average molecular weight is 386 g/mol. The summed E-state index contributed by atoms with van der Waals surface area (Å²) in [7, 11) is -4.61. The Morgan fingerprint density at radius 2 is 2.00 bits per heavy atom. The van der Waals surface area contributed by atoms with Gasteiger partial charge in [0, 0.05) is 24.0 Å². The lowest BCUT2D eigenvalue weighted by Crippen LogP contribution is -2.35. The van der Waals surface area contributed by atoms with Crippen molar-refractivity contribution in [2.45, 2.75) is 23.7 Å². The van der Waals surface area contributed by atoms with Gasteiger partial charge in [0.15, 0.2) is 6.01 Å². The van der Waals surface area contributed by atoms with Crippen molar-refractivity contribution in [2.24, 2.45) is 0 Å². The third-order valence-corrected chi connectivity index (χ3v) is 5.38. The lowest BCUT2D eigenvalue weighted by atomic mass is 9.93. The van der Waals surface area contributed by atoms with E-state index in [0.29, 0.717) is 0 Å². The van der Waals surface area contributed by atoms with Crippen LogP contribution in [0.15, 0.2) is 29.3 Å². The maximum absolute atomic E-state index is 13.8. The van der Waals surface area contributed by atoms with Gasteiger partial charge in [-0.05, 0) is 24.6 Å². The fraction of sp³-hybridized carbons (Fsp3) is 0.250. The van der Waals surface area contributed by atoms with E-state index in [9.17, 15) is 30.8 Å². The van der Waals surface area contributed by atoms with Gasteiger partial charge in [0.05, 0.1) is 17.0 Å². The van der Waals surface area contributed by atoms with Crippen LogP contribution in [0, 0.1) is 12.4 Å². The summed E-state index contributed by atoms with van der Waals surface area (Å²) in [5, 5.41) is 0. The Bertz CT molecular complexity index is 1070. The first-order valence-corrected chi connectivity index (χ1v) is 8.90. The number of hydrogen-bond acceptors (Lipinski definition) is 3. The third kappa shape index (κ3) is 2.68. The molecule has 26 heavy (non-hydrogen) atoms. The molecule has 0 spiro atoms. The van der Waals surface area contributed by atoms with E-state index in [1.54, 1.807) is 0 Å². The molecule has 1 aromatic heterocycles. The summed E-state index contributed by atoms with van der Waals surface area (Å²) in [5.41, 5.74) is -1.07. The van der Waals surface area contributed by atoms with Crippen molar-refractivity contribution in [1.82, 2.24) is 4.57 Å².